The van der Waals surface area contributed by atoms with E-state index in [2.05, 4.69) is 0 Å². The van der Waals surface area contributed by atoms with E-state index in [0.29, 0.717) is 10.5 Å². The highest BCUT2D eigenvalue weighted by Gasteiger charge is 2.06. The van der Waals surface area contributed by atoms with Crippen LogP contribution in [0.25, 0.3) is 11.1 Å². The summed E-state index contributed by atoms with van der Waals surface area (Å²) in [7, 11) is -2.71. The van der Waals surface area contributed by atoms with E-state index < -0.39 is 9.73 Å². The van der Waals surface area contributed by atoms with Gasteiger partial charge in [0.25, 0.3) is 0 Å². The summed E-state index contributed by atoms with van der Waals surface area (Å²) in [5, 5.41) is 0. The van der Waals surface area contributed by atoms with Crippen LogP contribution in [0.5, 0.6) is 0 Å². The van der Waals surface area contributed by atoms with Gasteiger partial charge in [0, 0.05) is 16.7 Å². The zero-order valence-corrected chi connectivity index (χ0v) is 10.1. The third-order valence-corrected chi connectivity index (χ3v) is 3.66. The first-order chi connectivity index (χ1) is 7.98. The maximum Gasteiger partial charge on any atom is 0.131 e. The highest BCUT2D eigenvalue weighted by atomic mass is 32.2. The first-order valence-corrected chi connectivity index (χ1v) is 7.04. The minimum absolute atomic E-state index is 0.289. The average Bonchev–Trinajstić information content (AvgIpc) is 2.29. The van der Waals surface area contributed by atoms with E-state index in [4.69, 9.17) is 4.78 Å². The third-order valence-electron chi connectivity index (χ3n) is 2.49. The van der Waals surface area contributed by atoms with Gasteiger partial charge in [-0.2, -0.15) is 0 Å². The molecule has 0 fully saturated rings. The second-order valence-corrected chi connectivity index (χ2v) is 6.01. The fourth-order valence-electron chi connectivity index (χ4n) is 1.59. The molecule has 1 N–H and O–H groups in total. The van der Waals surface area contributed by atoms with Crippen LogP contribution in [0.15, 0.2) is 53.4 Å². The molecule has 0 radical (unpaired) electrons. The van der Waals surface area contributed by atoms with Crippen LogP contribution < -0.4 is 0 Å². The molecule has 0 spiro atoms. The van der Waals surface area contributed by atoms with Gasteiger partial charge in [0.05, 0.1) is 9.73 Å². The van der Waals surface area contributed by atoms with Crippen molar-refractivity contribution in [2.75, 3.05) is 6.26 Å². The Hall–Kier alpha value is -1.68. The van der Waals surface area contributed by atoms with E-state index in [9.17, 15) is 8.60 Å². The summed E-state index contributed by atoms with van der Waals surface area (Å²) >= 11 is 0. The second-order valence-electron chi connectivity index (χ2n) is 3.85. The van der Waals surface area contributed by atoms with Crippen molar-refractivity contribution in [2.24, 2.45) is 0 Å². The normalized spacial score (nSPS) is 14.2. The molecule has 88 valence electrons. The molecule has 0 aromatic heterocycles. The Bertz CT molecular complexity index is 633. The summed E-state index contributed by atoms with van der Waals surface area (Å²) in [5.41, 5.74) is 1.22. The first-order valence-electron chi connectivity index (χ1n) is 5.07. The van der Waals surface area contributed by atoms with Crippen LogP contribution in [0.2, 0.25) is 0 Å². The van der Waals surface area contributed by atoms with E-state index in [1.54, 1.807) is 42.5 Å². The van der Waals surface area contributed by atoms with Gasteiger partial charge >= 0.3 is 0 Å². The van der Waals surface area contributed by atoms with Crippen molar-refractivity contribution in [1.29, 1.82) is 4.78 Å². The quantitative estimate of drug-likeness (QED) is 0.869. The van der Waals surface area contributed by atoms with E-state index in [1.807, 2.05) is 0 Å². The Morgan fingerprint density at radius 3 is 2.18 bits per heavy atom. The molecule has 2 aromatic carbocycles. The molecule has 0 aliphatic heterocycles. The fraction of sp³-hybridized carbons (Fsp3) is 0.0769. The lowest BCUT2D eigenvalue weighted by Gasteiger charge is -2.05. The maximum absolute atomic E-state index is 13.5. The molecule has 2 aromatic rings. The summed E-state index contributed by atoms with van der Waals surface area (Å²) in [6, 6.07) is 13.1. The SMILES string of the molecule is CS(=N)(=O)c1ccc(-c2ccccc2F)cc1. The molecular weight excluding hydrogens is 237 g/mol. The van der Waals surface area contributed by atoms with Gasteiger partial charge in [0.2, 0.25) is 0 Å². The molecule has 4 heteroatoms. The second kappa shape index (κ2) is 4.30. The topological polar surface area (TPSA) is 40.9 Å². The van der Waals surface area contributed by atoms with Crippen molar-refractivity contribution < 1.29 is 8.60 Å². The molecule has 2 rings (SSSR count). The van der Waals surface area contributed by atoms with Gasteiger partial charge in [0.1, 0.15) is 5.82 Å². The Morgan fingerprint density at radius 2 is 1.65 bits per heavy atom. The molecule has 0 saturated carbocycles. The predicted molar refractivity (Wildman–Crippen MR) is 66.9 cm³/mol. The maximum atomic E-state index is 13.5. The number of rotatable bonds is 2. The largest absolute Gasteiger partial charge is 0.249 e. The molecule has 0 heterocycles. The minimum atomic E-state index is -2.71. The molecule has 1 atom stereocenters. The Labute approximate surface area is 100 Å². The van der Waals surface area contributed by atoms with Crippen molar-refractivity contribution in [3.63, 3.8) is 0 Å². The van der Waals surface area contributed by atoms with E-state index in [0.717, 1.165) is 5.56 Å². The molecule has 2 nitrogen and oxygen atoms in total. The highest BCUT2D eigenvalue weighted by Crippen LogP contribution is 2.23. The zero-order chi connectivity index (χ0) is 12.5. The predicted octanol–water partition coefficient (Wildman–Crippen LogP) is 3.53. The summed E-state index contributed by atoms with van der Waals surface area (Å²) in [6.07, 6.45) is 1.37. The molecule has 1 unspecified atom stereocenters. The van der Waals surface area contributed by atoms with Gasteiger partial charge in [-0.3, -0.25) is 0 Å². The van der Waals surface area contributed by atoms with Crippen LogP contribution in [0.1, 0.15) is 0 Å². The average molecular weight is 249 g/mol. The van der Waals surface area contributed by atoms with Crippen LogP contribution in [0.4, 0.5) is 4.39 Å². The monoisotopic (exact) mass is 249 g/mol. The van der Waals surface area contributed by atoms with Crippen LogP contribution in [0, 0.1) is 10.6 Å². The number of hydrogen-bond donors (Lipinski definition) is 1. The van der Waals surface area contributed by atoms with Crippen molar-refractivity contribution in [3.05, 3.63) is 54.3 Å². The van der Waals surface area contributed by atoms with E-state index >= 15 is 0 Å². The van der Waals surface area contributed by atoms with Crippen LogP contribution in [-0.2, 0) is 9.73 Å². The lowest BCUT2D eigenvalue weighted by Crippen LogP contribution is -1.94. The first kappa shape index (κ1) is 11.8. The summed E-state index contributed by atoms with van der Waals surface area (Å²) in [5.74, 6) is -0.289. The molecule has 0 bridgehead atoms. The summed E-state index contributed by atoms with van der Waals surface area (Å²) in [4.78, 5) is 0.456. The summed E-state index contributed by atoms with van der Waals surface area (Å²) < 4.78 is 32.5. The van der Waals surface area contributed by atoms with Crippen LogP contribution >= 0.6 is 0 Å². The summed E-state index contributed by atoms with van der Waals surface area (Å²) in [6.45, 7) is 0. The zero-order valence-electron chi connectivity index (χ0n) is 9.31. The smallest absolute Gasteiger partial charge is 0.131 e. The molecule has 0 amide bonds. The molecular formula is C13H12FNOS. The highest BCUT2D eigenvalue weighted by molar-refractivity contribution is 7.91. The minimum Gasteiger partial charge on any atom is -0.249 e. The Balaban J connectivity index is 2.47. The molecule has 0 aliphatic carbocycles. The van der Waals surface area contributed by atoms with Crippen molar-refractivity contribution in [1.82, 2.24) is 0 Å². The fourth-order valence-corrected chi connectivity index (χ4v) is 2.24. The molecule has 0 aliphatic rings. The van der Waals surface area contributed by atoms with E-state index in [-0.39, 0.29) is 5.82 Å². The van der Waals surface area contributed by atoms with Crippen molar-refractivity contribution >= 4 is 9.73 Å². The van der Waals surface area contributed by atoms with E-state index in [1.165, 1.54) is 12.3 Å². The number of nitrogens with one attached hydrogen (secondary N) is 1. The van der Waals surface area contributed by atoms with Gasteiger partial charge in [-0.25, -0.2) is 13.4 Å². The standard InChI is InChI=1S/C13H12FNOS/c1-17(15,16)11-8-6-10(7-9-11)12-4-2-3-5-13(12)14/h2-9,15H,1H3. The van der Waals surface area contributed by atoms with Crippen LogP contribution in [0.3, 0.4) is 0 Å². The van der Waals surface area contributed by atoms with Gasteiger partial charge < -0.3 is 0 Å². The van der Waals surface area contributed by atoms with Gasteiger partial charge in [-0.05, 0) is 23.8 Å². The molecule has 17 heavy (non-hydrogen) atoms. The Kier molecular flexibility index (Phi) is 2.98. The molecule has 0 saturated heterocycles. The number of benzene rings is 2. The number of hydrogen-bond acceptors (Lipinski definition) is 2. The number of halogens is 1. The van der Waals surface area contributed by atoms with Gasteiger partial charge in [-0.1, -0.05) is 30.3 Å². The van der Waals surface area contributed by atoms with Crippen LogP contribution in [-0.4, -0.2) is 10.5 Å². The van der Waals surface area contributed by atoms with Crippen molar-refractivity contribution in [3.8, 4) is 11.1 Å². The van der Waals surface area contributed by atoms with Gasteiger partial charge in [0.15, 0.2) is 0 Å². The third kappa shape index (κ3) is 2.53. The lowest BCUT2D eigenvalue weighted by molar-refractivity contribution is 0.631. The van der Waals surface area contributed by atoms with Crippen molar-refractivity contribution in [2.45, 2.75) is 4.90 Å². The lowest BCUT2D eigenvalue weighted by atomic mass is 10.1. The van der Waals surface area contributed by atoms with Gasteiger partial charge in [-0.15, -0.1) is 0 Å². The Morgan fingerprint density at radius 1 is 1.06 bits per heavy atom.